The van der Waals surface area contributed by atoms with Crippen LogP contribution in [0.25, 0.3) is 10.8 Å². The molecular formula is C16H18N2O2. The zero-order valence-electron chi connectivity index (χ0n) is 11.3. The predicted octanol–water partition coefficient (Wildman–Crippen LogP) is 2.85. The van der Waals surface area contributed by atoms with E-state index in [0.29, 0.717) is 0 Å². The molecule has 0 saturated carbocycles. The second kappa shape index (κ2) is 5.59. The number of carboxylic acids is 1. The SMILES string of the molecule is O=C(O)CC(c1cncc2ccccc12)N1CCCC1. The number of hydrogen-bond donors (Lipinski definition) is 1. The van der Waals surface area contributed by atoms with Crippen molar-refractivity contribution in [3.05, 3.63) is 42.2 Å². The molecule has 1 aliphatic heterocycles. The Morgan fingerprint density at radius 2 is 2.00 bits per heavy atom. The summed E-state index contributed by atoms with van der Waals surface area (Å²) in [6, 6.07) is 7.97. The Balaban J connectivity index is 2.05. The van der Waals surface area contributed by atoms with Crippen LogP contribution in [0, 0.1) is 0 Å². The molecule has 104 valence electrons. The van der Waals surface area contributed by atoms with E-state index in [4.69, 9.17) is 0 Å². The zero-order valence-corrected chi connectivity index (χ0v) is 11.3. The number of nitrogens with zero attached hydrogens (tertiary/aromatic N) is 2. The van der Waals surface area contributed by atoms with Gasteiger partial charge in [-0.2, -0.15) is 0 Å². The molecule has 0 bridgehead atoms. The van der Waals surface area contributed by atoms with Gasteiger partial charge in [0, 0.05) is 23.8 Å². The van der Waals surface area contributed by atoms with E-state index in [9.17, 15) is 9.90 Å². The molecule has 0 spiro atoms. The molecule has 2 aromatic rings. The van der Waals surface area contributed by atoms with Crippen LogP contribution in [-0.2, 0) is 4.79 Å². The largest absolute Gasteiger partial charge is 0.481 e. The van der Waals surface area contributed by atoms with Gasteiger partial charge >= 0.3 is 5.97 Å². The van der Waals surface area contributed by atoms with E-state index < -0.39 is 5.97 Å². The first-order valence-electron chi connectivity index (χ1n) is 7.04. The lowest BCUT2D eigenvalue weighted by Gasteiger charge is -2.27. The highest BCUT2D eigenvalue weighted by Crippen LogP contribution is 2.32. The van der Waals surface area contributed by atoms with E-state index in [1.807, 2.05) is 30.6 Å². The van der Waals surface area contributed by atoms with Crippen LogP contribution < -0.4 is 0 Å². The van der Waals surface area contributed by atoms with Gasteiger partial charge in [0.2, 0.25) is 0 Å². The average Bonchev–Trinajstić information content (AvgIpc) is 2.98. The molecule has 4 nitrogen and oxygen atoms in total. The summed E-state index contributed by atoms with van der Waals surface area (Å²) in [5.41, 5.74) is 1.03. The zero-order chi connectivity index (χ0) is 13.9. The summed E-state index contributed by atoms with van der Waals surface area (Å²) < 4.78 is 0. The summed E-state index contributed by atoms with van der Waals surface area (Å²) in [6.45, 7) is 1.95. The fourth-order valence-electron chi connectivity index (χ4n) is 3.06. The van der Waals surface area contributed by atoms with Gasteiger partial charge in [-0.3, -0.25) is 14.7 Å². The lowest BCUT2D eigenvalue weighted by Crippen LogP contribution is -2.28. The topological polar surface area (TPSA) is 53.4 Å². The number of carboxylic acid groups (broad SMARTS) is 1. The molecule has 4 heteroatoms. The highest BCUT2D eigenvalue weighted by atomic mass is 16.4. The van der Waals surface area contributed by atoms with Crippen molar-refractivity contribution in [3.8, 4) is 0 Å². The Bertz CT molecular complexity index is 615. The molecule has 2 heterocycles. The number of carbonyl (C=O) groups is 1. The van der Waals surface area contributed by atoms with Crippen molar-refractivity contribution in [2.24, 2.45) is 0 Å². The molecule has 1 aromatic carbocycles. The van der Waals surface area contributed by atoms with E-state index in [0.717, 1.165) is 42.3 Å². The highest BCUT2D eigenvalue weighted by Gasteiger charge is 2.27. The first kappa shape index (κ1) is 13.1. The van der Waals surface area contributed by atoms with Crippen LogP contribution in [0.4, 0.5) is 0 Å². The average molecular weight is 270 g/mol. The Labute approximate surface area is 118 Å². The standard InChI is InChI=1S/C16H18N2O2/c19-16(20)9-15(18-7-3-4-8-18)14-11-17-10-12-5-1-2-6-13(12)14/h1-2,5-6,10-11,15H,3-4,7-9H2,(H,19,20). The Morgan fingerprint density at radius 3 is 2.75 bits per heavy atom. The number of rotatable bonds is 4. The van der Waals surface area contributed by atoms with Crippen LogP contribution >= 0.6 is 0 Å². The van der Waals surface area contributed by atoms with Crippen molar-refractivity contribution < 1.29 is 9.90 Å². The van der Waals surface area contributed by atoms with Gasteiger partial charge in [-0.1, -0.05) is 24.3 Å². The van der Waals surface area contributed by atoms with Crippen molar-refractivity contribution in [2.75, 3.05) is 13.1 Å². The van der Waals surface area contributed by atoms with Crippen LogP contribution in [0.2, 0.25) is 0 Å². The fraction of sp³-hybridized carbons (Fsp3) is 0.375. The molecule has 1 N–H and O–H groups in total. The molecular weight excluding hydrogens is 252 g/mol. The van der Waals surface area contributed by atoms with E-state index in [1.165, 1.54) is 0 Å². The van der Waals surface area contributed by atoms with Gasteiger partial charge in [0.25, 0.3) is 0 Å². The Hall–Kier alpha value is -1.94. The van der Waals surface area contributed by atoms with Crippen LogP contribution in [0.3, 0.4) is 0 Å². The van der Waals surface area contributed by atoms with E-state index in [2.05, 4.69) is 16.0 Å². The van der Waals surface area contributed by atoms with Crippen molar-refractivity contribution in [3.63, 3.8) is 0 Å². The third-order valence-electron chi connectivity index (χ3n) is 4.01. The molecule has 3 rings (SSSR count). The minimum atomic E-state index is -0.755. The maximum Gasteiger partial charge on any atom is 0.305 e. The molecule has 1 fully saturated rings. The molecule has 1 atom stereocenters. The molecule has 0 radical (unpaired) electrons. The highest BCUT2D eigenvalue weighted by molar-refractivity contribution is 5.85. The minimum absolute atomic E-state index is 0.0754. The second-order valence-corrected chi connectivity index (χ2v) is 5.31. The predicted molar refractivity (Wildman–Crippen MR) is 77.5 cm³/mol. The molecule has 1 aromatic heterocycles. The van der Waals surface area contributed by atoms with Crippen molar-refractivity contribution in [1.29, 1.82) is 0 Å². The van der Waals surface area contributed by atoms with Gasteiger partial charge in [0.05, 0.1) is 6.42 Å². The van der Waals surface area contributed by atoms with Crippen LogP contribution in [-0.4, -0.2) is 34.0 Å². The molecule has 1 unspecified atom stereocenters. The molecule has 1 aliphatic rings. The quantitative estimate of drug-likeness (QED) is 0.928. The fourth-order valence-corrected chi connectivity index (χ4v) is 3.06. The summed E-state index contributed by atoms with van der Waals surface area (Å²) in [4.78, 5) is 17.8. The van der Waals surface area contributed by atoms with Gasteiger partial charge in [0.15, 0.2) is 0 Å². The third-order valence-corrected chi connectivity index (χ3v) is 4.01. The van der Waals surface area contributed by atoms with E-state index in [-0.39, 0.29) is 12.5 Å². The molecule has 20 heavy (non-hydrogen) atoms. The maximum absolute atomic E-state index is 11.2. The summed E-state index contributed by atoms with van der Waals surface area (Å²) in [5, 5.41) is 11.4. The van der Waals surface area contributed by atoms with Crippen LogP contribution in [0.5, 0.6) is 0 Å². The molecule has 1 saturated heterocycles. The van der Waals surface area contributed by atoms with Gasteiger partial charge in [-0.05, 0) is 36.9 Å². The Morgan fingerprint density at radius 1 is 1.25 bits per heavy atom. The summed E-state index contributed by atoms with van der Waals surface area (Å²) in [7, 11) is 0. The number of likely N-dealkylation sites (tertiary alicyclic amines) is 1. The van der Waals surface area contributed by atoms with Crippen molar-refractivity contribution >= 4 is 16.7 Å². The van der Waals surface area contributed by atoms with Gasteiger partial charge in [-0.15, -0.1) is 0 Å². The van der Waals surface area contributed by atoms with Crippen molar-refractivity contribution in [2.45, 2.75) is 25.3 Å². The number of aromatic nitrogens is 1. The van der Waals surface area contributed by atoms with E-state index in [1.54, 1.807) is 0 Å². The first-order chi connectivity index (χ1) is 9.75. The molecule has 0 aliphatic carbocycles. The number of aliphatic carboxylic acids is 1. The number of hydrogen-bond acceptors (Lipinski definition) is 3. The third kappa shape index (κ3) is 2.51. The van der Waals surface area contributed by atoms with E-state index >= 15 is 0 Å². The maximum atomic E-state index is 11.2. The van der Waals surface area contributed by atoms with Crippen LogP contribution in [0.15, 0.2) is 36.7 Å². The van der Waals surface area contributed by atoms with Crippen molar-refractivity contribution in [1.82, 2.24) is 9.88 Å². The minimum Gasteiger partial charge on any atom is -0.481 e. The summed E-state index contributed by atoms with van der Waals surface area (Å²) in [5.74, 6) is -0.755. The Kier molecular flexibility index (Phi) is 3.65. The first-order valence-corrected chi connectivity index (χ1v) is 7.04. The number of fused-ring (bicyclic) bond motifs is 1. The van der Waals surface area contributed by atoms with Gasteiger partial charge in [-0.25, -0.2) is 0 Å². The lowest BCUT2D eigenvalue weighted by atomic mass is 9.98. The van der Waals surface area contributed by atoms with Gasteiger partial charge in [0.1, 0.15) is 0 Å². The van der Waals surface area contributed by atoms with Crippen LogP contribution in [0.1, 0.15) is 30.9 Å². The normalized spacial score (nSPS) is 17.4. The molecule has 0 amide bonds. The lowest BCUT2D eigenvalue weighted by molar-refractivity contribution is -0.138. The number of pyridine rings is 1. The summed E-state index contributed by atoms with van der Waals surface area (Å²) in [6.07, 6.45) is 6.09. The second-order valence-electron chi connectivity index (χ2n) is 5.31. The van der Waals surface area contributed by atoms with Gasteiger partial charge < -0.3 is 5.11 Å². The summed E-state index contributed by atoms with van der Waals surface area (Å²) >= 11 is 0. The number of benzene rings is 1. The smallest absolute Gasteiger partial charge is 0.305 e. The monoisotopic (exact) mass is 270 g/mol.